The van der Waals surface area contributed by atoms with Gasteiger partial charge in [0.25, 0.3) is 10.0 Å². The molecule has 0 saturated heterocycles. The second-order valence-corrected chi connectivity index (χ2v) is 8.24. The van der Waals surface area contributed by atoms with E-state index in [1.807, 2.05) is 0 Å². The molecular formula is C18H14F3NO7S. The van der Waals surface area contributed by atoms with E-state index in [0.29, 0.717) is 16.4 Å². The first-order valence-corrected chi connectivity index (χ1v) is 9.78. The summed E-state index contributed by atoms with van der Waals surface area (Å²) in [6.45, 7) is -0.711. The third kappa shape index (κ3) is 4.17. The predicted molar refractivity (Wildman–Crippen MR) is 95.8 cm³/mol. The van der Waals surface area contributed by atoms with Gasteiger partial charge >= 0.3 is 18.1 Å². The van der Waals surface area contributed by atoms with Crippen LogP contribution in [0.25, 0.3) is 0 Å². The molecule has 0 unspecified atom stereocenters. The van der Waals surface area contributed by atoms with Gasteiger partial charge in [-0.2, -0.15) is 13.2 Å². The number of halogens is 3. The van der Waals surface area contributed by atoms with E-state index in [4.69, 9.17) is 9.84 Å². The number of ether oxygens (including phenoxy) is 1. The van der Waals surface area contributed by atoms with Crippen LogP contribution in [0.3, 0.4) is 0 Å². The summed E-state index contributed by atoms with van der Waals surface area (Å²) >= 11 is 0. The molecule has 2 N–H and O–H groups in total. The minimum atomic E-state index is -4.79. The number of nitrogens with zero attached hydrogens (tertiary/aromatic N) is 1. The lowest BCUT2D eigenvalue weighted by molar-refractivity contribution is -0.144. The molecule has 1 heterocycles. The number of rotatable bonds is 5. The summed E-state index contributed by atoms with van der Waals surface area (Å²) in [5, 5.41) is 18.2. The SMILES string of the molecule is O=C(O)Cc1ccc2c(c1)N(S(=O)(=O)c1cccc(C(F)(F)F)c1)C[C@@H](C(=O)O)O2. The predicted octanol–water partition coefficient (Wildman–Crippen LogP) is 2.37. The van der Waals surface area contributed by atoms with Crippen LogP contribution in [0.1, 0.15) is 11.1 Å². The molecule has 0 amide bonds. The van der Waals surface area contributed by atoms with E-state index in [1.54, 1.807) is 0 Å². The number of benzene rings is 2. The van der Waals surface area contributed by atoms with Crippen LogP contribution in [0.2, 0.25) is 0 Å². The number of hydrogen-bond donors (Lipinski definition) is 2. The summed E-state index contributed by atoms with van der Waals surface area (Å²) in [6, 6.07) is 6.76. The highest BCUT2D eigenvalue weighted by Gasteiger charge is 2.39. The maximum atomic E-state index is 13.1. The fraction of sp³-hybridized carbons (Fsp3) is 0.222. The minimum Gasteiger partial charge on any atom is -0.481 e. The Hall–Kier alpha value is -3.28. The zero-order valence-electron chi connectivity index (χ0n) is 15.0. The highest BCUT2D eigenvalue weighted by molar-refractivity contribution is 7.92. The van der Waals surface area contributed by atoms with E-state index in [1.165, 1.54) is 18.2 Å². The molecule has 0 saturated carbocycles. The van der Waals surface area contributed by atoms with Crippen LogP contribution in [-0.2, 0) is 32.2 Å². The lowest BCUT2D eigenvalue weighted by Gasteiger charge is -2.34. The molecular weight excluding hydrogens is 431 g/mol. The fourth-order valence-electron chi connectivity index (χ4n) is 2.90. The number of fused-ring (bicyclic) bond motifs is 1. The first kappa shape index (κ1) is 21.4. The first-order chi connectivity index (χ1) is 13.9. The van der Waals surface area contributed by atoms with Crippen molar-refractivity contribution in [2.75, 3.05) is 10.8 Å². The molecule has 1 aliphatic heterocycles. The Morgan fingerprint density at radius 2 is 1.83 bits per heavy atom. The van der Waals surface area contributed by atoms with Crippen LogP contribution >= 0.6 is 0 Å². The van der Waals surface area contributed by atoms with E-state index in [9.17, 15) is 36.3 Å². The summed E-state index contributed by atoms with van der Waals surface area (Å²) in [5.41, 5.74) is -1.15. The molecule has 1 atom stereocenters. The van der Waals surface area contributed by atoms with Gasteiger partial charge in [0.1, 0.15) is 5.75 Å². The van der Waals surface area contributed by atoms with Gasteiger partial charge in [0, 0.05) is 0 Å². The van der Waals surface area contributed by atoms with Crippen molar-refractivity contribution in [3.05, 3.63) is 53.6 Å². The van der Waals surface area contributed by atoms with Crippen LogP contribution in [0, 0.1) is 0 Å². The summed E-state index contributed by atoms with van der Waals surface area (Å²) in [6.07, 6.45) is -6.84. The van der Waals surface area contributed by atoms with Crippen LogP contribution < -0.4 is 9.04 Å². The molecule has 12 heteroatoms. The maximum Gasteiger partial charge on any atom is 0.416 e. The Morgan fingerprint density at radius 1 is 1.13 bits per heavy atom. The van der Waals surface area contributed by atoms with Crippen molar-refractivity contribution < 1.29 is 46.1 Å². The molecule has 0 fully saturated rings. The average Bonchev–Trinajstić information content (AvgIpc) is 2.66. The number of aliphatic carboxylic acids is 2. The number of carboxylic acid groups (broad SMARTS) is 2. The van der Waals surface area contributed by atoms with Crippen LogP contribution in [0.15, 0.2) is 47.4 Å². The van der Waals surface area contributed by atoms with Gasteiger partial charge in [-0.05, 0) is 35.9 Å². The number of sulfonamides is 1. The van der Waals surface area contributed by atoms with Crippen molar-refractivity contribution in [3.8, 4) is 5.75 Å². The van der Waals surface area contributed by atoms with Crippen molar-refractivity contribution in [1.29, 1.82) is 0 Å². The summed E-state index contributed by atoms with van der Waals surface area (Å²) < 4.78 is 71.2. The molecule has 30 heavy (non-hydrogen) atoms. The van der Waals surface area contributed by atoms with Gasteiger partial charge in [-0.25, -0.2) is 13.2 Å². The van der Waals surface area contributed by atoms with Crippen LogP contribution in [0.5, 0.6) is 5.75 Å². The highest BCUT2D eigenvalue weighted by Crippen LogP contribution is 2.39. The van der Waals surface area contributed by atoms with Crippen molar-refractivity contribution in [2.24, 2.45) is 0 Å². The molecule has 2 aromatic rings. The summed E-state index contributed by atoms with van der Waals surface area (Å²) in [7, 11) is -4.63. The summed E-state index contributed by atoms with van der Waals surface area (Å²) in [4.78, 5) is 21.7. The second-order valence-electron chi connectivity index (χ2n) is 6.38. The fourth-order valence-corrected chi connectivity index (χ4v) is 4.41. The Kier molecular flexibility index (Phi) is 5.37. The summed E-state index contributed by atoms with van der Waals surface area (Å²) in [5.74, 6) is -2.82. The second kappa shape index (κ2) is 7.52. The molecule has 1 aliphatic rings. The maximum absolute atomic E-state index is 13.1. The molecule has 8 nitrogen and oxygen atoms in total. The van der Waals surface area contributed by atoms with E-state index in [-0.39, 0.29) is 17.0 Å². The van der Waals surface area contributed by atoms with E-state index < -0.39 is 57.7 Å². The topological polar surface area (TPSA) is 121 Å². The van der Waals surface area contributed by atoms with Gasteiger partial charge < -0.3 is 14.9 Å². The van der Waals surface area contributed by atoms with Gasteiger partial charge in [-0.3, -0.25) is 9.10 Å². The lowest BCUT2D eigenvalue weighted by Crippen LogP contribution is -2.47. The third-order valence-corrected chi connectivity index (χ3v) is 6.05. The van der Waals surface area contributed by atoms with Crippen LogP contribution in [-0.4, -0.2) is 43.2 Å². The number of alkyl halides is 3. The Labute approximate surface area is 168 Å². The van der Waals surface area contributed by atoms with Crippen molar-refractivity contribution in [1.82, 2.24) is 0 Å². The molecule has 160 valence electrons. The van der Waals surface area contributed by atoms with Crippen molar-refractivity contribution in [2.45, 2.75) is 23.6 Å². The Morgan fingerprint density at radius 3 is 2.43 bits per heavy atom. The molecule has 0 spiro atoms. The molecule has 0 radical (unpaired) electrons. The molecule has 0 aromatic heterocycles. The van der Waals surface area contributed by atoms with E-state index >= 15 is 0 Å². The Bertz CT molecular complexity index is 1120. The number of carboxylic acids is 2. The van der Waals surface area contributed by atoms with Gasteiger partial charge in [-0.1, -0.05) is 12.1 Å². The van der Waals surface area contributed by atoms with Crippen molar-refractivity contribution >= 4 is 27.6 Å². The molecule has 0 bridgehead atoms. The number of carbonyl (C=O) groups is 2. The smallest absolute Gasteiger partial charge is 0.416 e. The molecule has 0 aliphatic carbocycles. The number of anilines is 1. The van der Waals surface area contributed by atoms with E-state index in [0.717, 1.165) is 12.1 Å². The molecule has 2 aromatic carbocycles. The standard InChI is InChI=1S/C18H14F3NO7S/c19-18(20,21)11-2-1-3-12(8-11)30(27,28)22-9-15(17(25)26)29-14-5-4-10(6-13(14)22)7-16(23)24/h1-6,8,15H,7,9H2,(H,23,24)(H,25,26)/t15-/m0/s1. The normalized spacial score (nSPS) is 16.5. The monoisotopic (exact) mass is 445 g/mol. The highest BCUT2D eigenvalue weighted by atomic mass is 32.2. The van der Waals surface area contributed by atoms with Crippen LogP contribution in [0.4, 0.5) is 18.9 Å². The number of hydrogen-bond acceptors (Lipinski definition) is 5. The zero-order valence-corrected chi connectivity index (χ0v) is 15.8. The van der Waals surface area contributed by atoms with E-state index in [2.05, 4.69) is 0 Å². The third-order valence-electron chi connectivity index (χ3n) is 4.27. The average molecular weight is 445 g/mol. The Balaban J connectivity index is 2.13. The van der Waals surface area contributed by atoms with Gasteiger partial charge in [0.2, 0.25) is 6.10 Å². The molecule has 3 rings (SSSR count). The van der Waals surface area contributed by atoms with Gasteiger partial charge in [0.05, 0.1) is 29.1 Å². The zero-order chi connectivity index (χ0) is 22.3. The first-order valence-electron chi connectivity index (χ1n) is 8.34. The van der Waals surface area contributed by atoms with Gasteiger partial charge in [0.15, 0.2) is 0 Å². The lowest BCUT2D eigenvalue weighted by atomic mass is 10.1. The minimum absolute atomic E-state index is 0.154. The van der Waals surface area contributed by atoms with Gasteiger partial charge in [-0.15, -0.1) is 0 Å². The quantitative estimate of drug-likeness (QED) is 0.725. The largest absolute Gasteiger partial charge is 0.481 e. The van der Waals surface area contributed by atoms with Crippen molar-refractivity contribution in [3.63, 3.8) is 0 Å².